The van der Waals surface area contributed by atoms with E-state index >= 15 is 0 Å². The highest BCUT2D eigenvalue weighted by Crippen LogP contribution is 2.29. The predicted molar refractivity (Wildman–Crippen MR) is 80.2 cm³/mol. The van der Waals surface area contributed by atoms with Gasteiger partial charge in [0.25, 0.3) is 5.56 Å². The highest BCUT2D eigenvalue weighted by atomic mass is 16.5. The van der Waals surface area contributed by atoms with E-state index in [1.807, 2.05) is 32.0 Å². The third-order valence-corrected chi connectivity index (χ3v) is 3.11. The minimum atomic E-state index is -0.193. The second-order valence-electron chi connectivity index (χ2n) is 4.95. The van der Waals surface area contributed by atoms with Crippen LogP contribution in [-0.2, 0) is 0 Å². The van der Waals surface area contributed by atoms with Crippen molar-refractivity contribution in [2.45, 2.75) is 33.6 Å². The van der Waals surface area contributed by atoms with Gasteiger partial charge in [-0.15, -0.1) is 0 Å². The molecule has 2 rings (SSSR count). The highest BCUT2D eigenvalue weighted by Gasteiger charge is 2.11. The molecule has 1 heterocycles. The van der Waals surface area contributed by atoms with Crippen LogP contribution in [0.3, 0.4) is 0 Å². The van der Waals surface area contributed by atoms with Crippen LogP contribution in [0.5, 0.6) is 5.75 Å². The number of aromatic amines is 1. The highest BCUT2D eigenvalue weighted by molar-refractivity contribution is 5.70. The molecule has 0 fully saturated rings. The summed E-state index contributed by atoms with van der Waals surface area (Å²) in [6, 6.07) is 7.69. The van der Waals surface area contributed by atoms with E-state index in [0.717, 1.165) is 35.4 Å². The van der Waals surface area contributed by atoms with Gasteiger partial charge in [0.2, 0.25) is 0 Å². The molecule has 0 aliphatic heterocycles. The maximum atomic E-state index is 12.0. The van der Waals surface area contributed by atoms with E-state index in [9.17, 15) is 4.79 Å². The summed E-state index contributed by atoms with van der Waals surface area (Å²) >= 11 is 0. The smallest absolute Gasteiger partial charge is 0.272 e. The van der Waals surface area contributed by atoms with Crippen molar-refractivity contribution in [2.75, 3.05) is 6.61 Å². The molecule has 0 unspecified atom stereocenters. The lowest BCUT2D eigenvalue weighted by atomic mass is 10.0. The Morgan fingerprint density at radius 1 is 1.20 bits per heavy atom. The van der Waals surface area contributed by atoms with E-state index in [0.29, 0.717) is 12.2 Å². The van der Waals surface area contributed by atoms with Gasteiger partial charge >= 0.3 is 0 Å². The molecule has 0 saturated heterocycles. The second kappa shape index (κ2) is 6.37. The number of benzene rings is 1. The Morgan fingerprint density at radius 3 is 2.75 bits per heavy atom. The maximum absolute atomic E-state index is 12.0. The summed E-state index contributed by atoms with van der Waals surface area (Å²) in [5.74, 6) is 0.750. The molecular formula is C16H20N2O2. The topological polar surface area (TPSA) is 55.0 Å². The van der Waals surface area contributed by atoms with Crippen molar-refractivity contribution in [3.8, 4) is 16.9 Å². The van der Waals surface area contributed by atoms with Gasteiger partial charge in [-0.05, 0) is 38.5 Å². The number of nitrogens with one attached hydrogen (secondary N) is 1. The Labute approximate surface area is 118 Å². The van der Waals surface area contributed by atoms with E-state index in [4.69, 9.17) is 4.74 Å². The van der Waals surface area contributed by atoms with Crippen molar-refractivity contribution in [1.29, 1.82) is 0 Å². The number of H-pyrrole nitrogens is 1. The molecular weight excluding hydrogens is 252 g/mol. The number of ether oxygens (including phenoxy) is 1. The van der Waals surface area contributed by atoms with Gasteiger partial charge in [-0.3, -0.25) is 4.79 Å². The Balaban J connectivity index is 2.45. The summed E-state index contributed by atoms with van der Waals surface area (Å²) in [6.45, 7) is 6.64. The molecule has 1 aromatic heterocycles. The van der Waals surface area contributed by atoms with Crippen LogP contribution in [0.1, 0.15) is 31.0 Å². The molecule has 106 valence electrons. The first-order valence-corrected chi connectivity index (χ1v) is 6.92. The normalized spacial score (nSPS) is 10.6. The summed E-state index contributed by atoms with van der Waals surface area (Å²) in [6.07, 6.45) is 2.08. The number of nitrogens with zero attached hydrogens (tertiary/aromatic N) is 1. The Kier molecular flexibility index (Phi) is 4.56. The van der Waals surface area contributed by atoms with Crippen molar-refractivity contribution < 1.29 is 4.74 Å². The van der Waals surface area contributed by atoms with Gasteiger partial charge in [0.1, 0.15) is 5.75 Å². The van der Waals surface area contributed by atoms with Crippen molar-refractivity contribution >= 4 is 0 Å². The van der Waals surface area contributed by atoms with Crippen molar-refractivity contribution in [3.63, 3.8) is 0 Å². The summed E-state index contributed by atoms with van der Waals surface area (Å²) in [7, 11) is 0. The van der Waals surface area contributed by atoms with Crippen LogP contribution in [0.4, 0.5) is 0 Å². The van der Waals surface area contributed by atoms with Crippen LogP contribution in [0, 0.1) is 13.8 Å². The number of hydrogen-bond donors (Lipinski definition) is 1. The van der Waals surface area contributed by atoms with Gasteiger partial charge in [-0.1, -0.05) is 25.0 Å². The first kappa shape index (κ1) is 14.3. The SMILES string of the molecule is CCCCOc1ccc(C)cc1-c1cc(C)n[nH]c1=O. The van der Waals surface area contributed by atoms with Crippen LogP contribution in [-0.4, -0.2) is 16.8 Å². The number of aryl methyl sites for hydroxylation is 2. The standard InChI is InChI=1S/C16H20N2O2/c1-4-5-8-20-15-7-6-11(2)9-13(15)14-10-12(3)17-18-16(14)19/h6-7,9-10H,4-5,8H2,1-3H3,(H,18,19). The molecule has 1 aromatic carbocycles. The molecule has 0 aliphatic carbocycles. The third kappa shape index (κ3) is 3.26. The minimum Gasteiger partial charge on any atom is -0.493 e. The van der Waals surface area contributed by atoms with Gasteiger partial charge in [-0.25, -0.2) is 5.10 Å². The molecule has 2 aromatic rings. The summed E-state index contributed by atoms with van der Waals surface area (Å²) in [4.78, 5) is 12.0. The second-order valence-corrected chi connectivity index (χ2v) is 4.95. The molecule has 4 heteroatoms. The molecule has 0 spiro atoms. The first-order chi connectivity index (χ1) is 9.61. The number of rotatable bonds is 5. The van der Waals surface area contributed by atoms with E-state index in [-0.39, 0.29) is 5.56 Å². The van der Waals surface area contributed by atoms with Gasteiger partial charge in [0.05, 0.1) is 17.9 Å². The fraction of sp³-hybridized carbons (Fsp3) is 0.375. The van der Waals surface area contributed by atoms with Gasteiger partial charge in [0.15, 0.2) is 0 Å². The zero-order valence-corrected chi connectivity index (χ0v) is 12.2. The molecule has 0 aliphatic rings. The monoisotopic (exact) mass is 272 g/mol. The van der Waals surface area contributed by atoms with Crippen LogP contribution < -0.4 is 10.3 Å². The Bertz CT molecular complexity index is 647. The molecule has 0 saturated carbocycles. The van der Waals surface area contributed by atoms with Crippen LogP contribution in [0.2, 0.25) is 0 Å². The lowest BCUT2D eigenvalue weighted by Crippen LogP contribution is -2.12. The number of aromatic nitrogens is 2. The predicted octanol–water partition coefficient (Wildman–Crippen LogP) is 3.23. The largest absolute Gasteiger partial charge is 0.493 e. The summed E-state index contributed by atoms with van der Waals surface area (Å²) < 4.78 is 5.81. The summed E-state index contributed by atoms with van der Waals surface area (Å²) in [5, 5.41) is 6.43. The van der Waals surface area contributed by atoms with Gasteiger partial charge < -0.3 is 4.74 Å². The quantitative estimate of drug-likeness (QED) is 0.850. The molecule has 0 bridgehead atoms. The van der Waals surface area contributed by atoms with Crippen LogP contribution in [0.15, 0.2) is 29.1 Å². The lowest BCUT2D eigenvalue weighted by Gasteiger charge is -2.12. The average molecular weight is 272 g/mol. The summed E-state index contributed by atoms with van der Waals surface area (Å²) in [5.41, 5.74) is 3.11. The van der Waals surface area contributed by atoms with Crippen molar-refractivity contribution in [3.05, 3.63) is 45.9 Å². The van der Waals surface area contributed by atoms with E-state index in [1.165, 1.54) is 0 Å². The van der Waals surface area contributed by atoms with Crippen LogP contribution >= 0.6 is 0 Å². The Hall–Kier alpha value is -2.10. The lowest BCUT2D eigenvalue weighted by molar-refractivity contribution is 0.310. The molecule has 20 heavy (non-hydrogen) atoms. The molecule has 1 N–H and O–H groups in total. The average Bonchev–Trinajstić information content (AvgIpc) is 2.43. The van der Waals surface area contributed by atoms with Crippen LogP contribution in [0.25, 0.3) is 11.1 Å². The molecule has 0 atom stereocenters. The van der Waals surface area contributed by atoms with E-state index in [1.54, 1.807) is 6.07 Å². The third-order valence-electron chi connectivity index (χ3n) is 3.11. The zero-order chi connectivity index (χ0) is 14.5. The fourth-order valence-corrected chi connectivity index (χ4v) is 2.01. The van der Waals surface area contributed by atoms with Crippen molar-refractivity contribution in [1.82, 2.24) is 10.2 Å². The fourth-order valence-electron chi connectivity index (χ4n) is 2.01. The maximum Gasteiger partial charge on any atom is 0.272 e. The minimum absolute atomic E-state index is 0.193. The number of unbranched alkanes of at least 4 members (excludes halogenated alkanes) is 1. The molecule has 4 nitrogen and oxygen atoms in total. The molecule has 0 radical (unpaired) electrons. The van der Waals surface area contributed by atoms with E-state index < -0.39 is 0 Å². The number of hydrogen-bond acceptors (Lipinski definition) is 3. The van der Waals surface area contributed by atoms with E-state index in [2.05, 4.69) is 17.1 Å². The Morgan fingerprint density at radius 2 is 2.00 bits per heavy atom. The van der Waals surface area contributed by atoms with Crippen molar-refractivity contribution in [2.24, 2.45) is 0 Å². The zero-order valence-electron chi connectivity index (χ0n) is 12.2. The van der Waals surface area contributed by atoms with Gasteiger partial charge in [-0.2, -0.15) is 5.10 Å². The molecule has 0 amide bonds. The first-order valence-electron chi connectivity index (χ1n) is 6.92. The van der Waals surface area contributed by atoms with Gasteiger partial charge in [0, 0.05) is 5.56 Å².